The molecule has 4 rings (SSSR count). The lowest BCUT2D eigenvalue weighted by Gasteiger charge is -2.34. The summed E-state index contributed by atoms with van der Waals surface area (Å²) in [6.45, 7) is 26.8. The van der Waals surface area contributed by atoms with Crippen molar-refractivity contribution in [1.82, 2.24) is 0 Å². The molecule has 0 spiro atoms. The van der Waals surface area contributed by atoms with Crippen molar-refractivity contribution in [2.75, 3.05) is 20.9 Å². The largest absolute Gasteiger partial charge is 0.507 e. The number of allylic oxidation sites excluding steroid dienone is 4. The van der Waals surface area contributed by atoms with Crippen molar-refractivity contribution >= 4 is 34.1 Å². The molecular weight excluding hydrogens is 625 g/mol. The third kappa shape index (κ3) is 11.3. The summed E-state index contributed by atoms with van der Waals surface area (Å²) in [5.41, 5.74) is 10.00. The molecule has 4 aromatic rings. The molecule has 5 nitrogen and oxygen atoms in total. The molecule has 0 fully saturated rings. The molecule has 0 aliphatic carbocycles. The number of benzene rings is 4. The van der Waals surface area contributed by atoms with E-state index in [9.17, 15) is 5.11 Å². The average molecular weight is 685 g/mol. The van der Waals surface area contributed by atoms with Crippen molar-refractivity contribution in [3.05, 3.63) is 138 Å². The van der Waals surface area contributed by atoms with Crippen LogP contribution in [0.5, 0.6) is 5.75 Å². The van der Waals surface area contributed by atoms with Crippen LogP contribution in [-0.4, -0.2) is 11.1 Å². The van der Waals surface area contributed by atoms with E-state index in [0.29, 0.717) is 17.7 Å². The van der Waals surface area contributed by atoms with Gasteiger partial charge in [-0.2, -0.15) is 0 Å². The zero-order valence-corrected chi connectivity index (χ0v) is 32.6. The molecule has 0 radical (unpaired) electrons. The normalized spacial score (nSPS) is 12.8. The van der Waals surface area contributed by atoms with Gasteiger partial charge in [-0.05, 0) is 145 Å². The van der Waals surface area contributed by atoms with Crippen molar-refractivity contribution < 1.29 is 5.11 Å². The van der Waals surface area contributed by atoms with E-state index in [0.717, 1.165) is 58.2 Å². The van der Waals surface area contributed by atoms with Crippen LogP contribution in [0.2, 0.25) is 0 Å². The van der Waals surface area contributed by atoms with Crippen molar-refractivity contribution in [3.63, 3.8) is 0 Å². The highest BCUT2D eigenvalue weighted by atomic mass is 16.3. The predicted molar refractivity (Wildman–Crippen MR) is 223 cm³/mol. The molecule has 5 heteroatoms. The first-order valence-corrected chi connectivity index (χ1v) is 18.3. The molecule has 1 unspecified atom stereocenters. The Morgan fingerprint density at radius 1 is 0.706 bits per heavy atom. The molecule has 0 bridgehead atoms. The Bertz CT molecular complexity index is 1750. The van der Waals surface area contributed by atoms with Crippen LogP contribution in [0.1, 0.15) is 92.3 Å². The van der Waals surface area contributed by atoms with Gasteiger partial charge >= 0.3 is 0 Å². The lowest BCUT2D eigenvalue weighted by Crippen LogP contribution is -2.34. The lowest BCUT2D eigenvalue weighted by atomic mass is 9.78. The van der Waals surface area contributed by atoms with E-state index in [4.69, 9.17) is 0 Å². The second-order valence-electron chi connectivity index (χ2n) is 16.1. The van der Waals surface area contributed by atoms with Crippen LogP contribution >= 0.6 is 0 Å². The van der Waals surface area contributed by atoms with E-state index in [-0.39, 0.29) is 10.8 Å². The minimum atomic E-state index is -0.167. The fraction of sp³-hybridized carbons (Fsp3) is 0.348. The van der Waals surface area contributed by atoms with Crippen LogP contribution in [0.25, 0.3) is 0 Å². The molecule has 0 aromatic heterocycles. The molecule has 270 valence electrons. The fourth-order valence-electron chi connectivity index (χ4n) is 6.29. The number of hydrogen-bond acceptors (Lipinski definition) is 5. The number of phenols is 1. The van der Waals surface area contributed by atoms with Crippen LogP contribution in [-0.2, 0) is 17.4 Å². The number of aromatic hydroxyl groups is 1. The molecule has 0 saturated carbocycles. The molecular formula is C46H60N4O. The Morgan fingerprint density at radius 3 is 1.55 bits per heavy atom. The maximum absolute atomic E-state index is 11.3. The standard InChI is InChI=1S/C46H60N4O/c1-12-13-14-15-33(4)47-36-16-18-37(19-17-36)48-38-20-22-39(23-21-38)49-40-24-26-41(27-25-40)50(34(5)28-32(2)3)31-35-29-42(45(6,7)8)44(51)43(30-35)46(9,10)11/h12-27,29-30,32,34,47-49,51H,4,28,31H2,1-3,5-11H3/b13-12-,15-14-. The van der Waals surface area contributed by atoms with E-state index in [2.05, 4.69) is 163 Å². The number of phenolic OH excluding ortho intramolecular Hbond substituents is 1. The smallest absolute Gasteiger partial charge is 0.123 e. The van der Waals surface area contributed by atoms with E-state index < -0.39 is 0 Å². The minimum Gasteiger partial charge on any atom is -0.507 e. The van der Waals surface area contributed by atoms with E-state index in [1.54, 1.807) is 0 Å². The third-order valence-electron chi connectivity index (χ3n) is 8.94. The summed E-state index contributed by atoms with van der Waals surface area (Å²) < 4.78 is 0. The first-order chi connectivity index (χ1) is 24.0. The fourth-order valence-corrected chi connectivity index (χ4v) is 6.29. The Balaban J connectivity index is 1.46. The highest BCUT2D eigenvalue weighted by Gasteiger charge is 2.27. The van der Waals surface area contributed by atoms with Gasteiger partial charge in [0.05, 0.1) is 0 Å². The zero-order valence-electron chi connectivity index (χ0n) is 32.6. The van der Waals surface area contributed by atoms with Gasteiger partial charge in [0.25, 0.3) is 0 Å². The van der Waals surface area contributed by atoms with Crippen LogP contribution in [0.3, 0.4) is 0 Å². The quantitative estimate of drug-likeness (QED) is 0.0996. The highest BCUT2D eigenvalue weighted by Crippen LogP contribution is 2.40. The molecule has 1 atom stereocenters. The summed E-state index contributed by atoms with van der Waals surface area (Å²) in [4.78, 5) is 2.51. The number of anilines is 6. The molecule has 4 aromatic carbocycles. The van der Waals surface area contributed by atoms with Gasteiger partial charge in [0, 0.05) is 52.4 Å². The third-order valence-corrected chi connectivity index (χ3v) is 8.94. The number of nitrogens with one attached hydrogen (secondary N) is 3. The summed E-state index contributed by atoms with van der Waals surface area (Å²) in [7, 11) is 0. The van der Waals surface area contributed by atoms with Gasteiger partial charge in [-0.3, -0.25) is 0 Å². The molecule has 0 aliphatic heterocycles. The van der Waals surface area contributed by atoms with E-state index >= 15 is 0 Å². The van der Waals surface area contributed by atoms with Crippen LogP contribution in [0.4, 0.5) is 34.1 Å². The average Bonchev–Trinajstić information content (AvgIpc) is 3.05. The molecule has 0 heterocycles. The predicted octanol–water partition coefficient (Wildman–Crippen LogP) is 13.0. The second kappa shape index (κ2) is 16.9. The molecule has 0 saturated heterocycles. The number of hydrogen-bond donors (Lipinski definition) is 4. The minimum absolute atomic E-state index is 0.167. The lowest BCUT2D eigenvalue weighted by molar-refractivity contribution is 0.422. The van der Waals surface area contributed by atoms with Crippen molar-refractivity contribution in [3.8, 4) is 5.75 Å². The molecule has 51 heavy (non-hydrogen) atoms. The number of rotatable bonds is 14. The topological polar surface area (TPSA) is 59.6 Å². The maximum atomic E-state index is 11.3. The first kappa shape index (κ1) is 38.9. The second-order valence-corrected chi connectivity index (χ2v) is 16.1. The Labute approximate surface area is 308 Å². The maximum Gasteiger partial charge on any atom is 0.123 e. The van der Waals surface area contributed by atoms with Gasteiger partial charge in [0.1, 0.15) is 5.75 Å². The van der Waals surface area contributed by atoms with Gasteiger partial charge in [0.2, 0.25) is 0 Å². The Morgan fingerprint density at radius 2 is 1.14 bits per heavy atom. The summed E-state index contributed by atoms with van der Waals surface area (Å²) in [5, 5.41) is 21.7. The first-order valence-electron chi connectivity index (χ1n) is 18.3. The molecule has 0 aliphatic rings. The summed E-state index contributed by atoms with van der Waals surface area (Å²) in [6.07, 6.45) is 8.96. The van der Waals surface area contributed by atoms with Crippen LogP contribution < -0.4 is 20.9 Å². The van der Waals surface area contributed by atoms with E-state index in [1.165, 1.54) is 11.3 Å². The Kier molecular flexibility index (Phi) is 12.9. The van der Waals surface area contributed by atoms with Gasteiger partial charge in [-0.15, -0.1) is 0 Å². The van der Waals surface area contributed by atoms with Gasteiger partial charge in [-0.25, -0.2) is 0 Å². The number of nitrogens with zero attached hydrogens (tertiary/aromatic N) is 1. The van der Waals surface area contributed by atoms with Gasteiger partial charge in [0.15, 0.2) is 0 Å². The zero-order chi connectivity index (χ0) is 37.3. The monoisotopic (exact) mass is 684 g/mol. The molecule has 4 N–H and O–H groups in total. The summed E-state index contributed by atoms with van der Waals surface area (Å²) in [5.74, 6) is 1.01. The van der Waals surface area contributed by atoms with E-state index in [1.807, 2.05) is 43.4 Å². The Hall–Kier alpha value is -4.90. The van der Waals surface area contributed by atoms with Crippen molar-refractivity contribution in [2.24, 2.45) is 5.92 Å². The highest BCUT2D eigenvalue weighted by molar-refractivity contribution is 5.68. The van der Waals surface area contributed by atoms with Crippen molar-refractivity contribution in [2.45, 2.75) is 99.1 Å². The SMILES string of the molecule is C=C(/C=C\C=C/C)Nc1ccc(Nc2ccc(Nc3ccc(N(Cc4cc(C(C)(C)C)c(O)c(C(C)(C)C)c4)C(C)CC(C)C)cc3)cc2)cc1. The summed E-state index contributed by atoms with van der Waals surface area (Å²) in [6, 6.07) is 30.1. The van der Waals surface area contributed by atoms with Gasteiger partial charge < -0.3 is 26.0 Å². The van der Waals surface area contributed by atoms with Crippen LogP contribution in [0.15, 0.2) is 122 Å². The van der Waals surface area contributed by atoms with Gasteiger partial charge in [-0.1, -0.05) is 80.2 Å². The van der Waals surface area contributed by atoms with Crippen molar-refractivity contribution in [1.29, 1.82) is 0 Å². The summed E-state index contributed by atoms with van der Waals surface area (Å²) >= 11 is 0. The van der Waals surface area contributed by atoms with Crippen LogP contribution in [0, 0.1) is 5.92 Å². The molecule has 0 amide bonds.